The number of imidazole rings is 1. The van der Waals surface area contributed by atoms with Gasteiger partial charge in [-0.3, -0.25) is 9.52 Å². The average molecular weight is 493 g/mol. The maximum Gasteiger partial charge on any atom is 0.255 e. The largest absolute Gasteiger partial charge is 0.387 e. The Labute approximate surface area is 204 Å². The van der Waals surface area contributed by atoms with E-state index in [0.717, 1.165) is 18.2 Å². The van der Waals surface area contributed by atoms with E-state index in [9.17, 15) is 18.3 Å². The van der Waals surface area contributed by atoms with Crippen molar-refractivity contribution < 1.29 is 18.3 Å². The number of nitrogens with one attached hydrogen (secondary N) is 1. The molecule has 182 valence electrons. The number of aromatic nitrogens is 2. The van der Waals surface area contributed by atoms with Crippen LogP contribution in [0.5, 0.6) is 0 Å². The number of amides is 1. The summed E-state index contributed by atoms with van der Waals surface area (Å²) >= 11 is 0. The Bertz CT molecular complexity index is 1420. The molecule has 1 amide bonds. The number of aliphatic hydroxyl groups is 1. The number of sulfonamides is 1. The van der Waals surface area contributed by atoms with Crippen LogP contribution in [-0.2, 0) is 23.0 Å². The van der Waals surface area contributed by atoms with Gasteiger partial charge in [-0.2, -0.15) is 0 Å². The minimum atomic E-state index is -3.55. The molecular weight excluding hydrogens is 464 g/mol. The predicted octanol–water partition coefficient (Wildman–Crippen LogP) is 3.46. The number of carbonyl (C=O) groups is 1. The van der Waals surface area contributed by atoms with Gasteiger partial charge in [-0.15, -0.1) is 0 Å². The van der Waals surface area contributed by atoms with Crippen LogP contribution in [0.3, 0.4) is 0 Å². The van der Waals surface area contributed by atoms with Gasteiger partial charge in [0.1, 0.15) is 0 Å². The Morgan fingerprint density at radius 3 is 2.40 bits per heavy atom. The Hall–Kier alpha value is -3.69. The SMILES string of the molecule is CN(C[C@H](O)c1ccccc1)C(=O)c1cc(NS(C)(=O)=O)cc2ncn(CCc3ccccc3)c12. The van der Waals surface area contributed by atoms with Crippen LogP contribution in [0.4, 0.5) is 5.69 Å². The number of likely N-dealkylation sites (N-methyl/N-ethyl adjacent to an activating group) is 1. The summed E-state index contributed by atoms with van der Waals surface area (Å²) in [4.78, 5) is 19.4. The molecule has 0 bridgehead atoms. The number of aryl methyl sites for hydroxylation is 2. The molecule has 3 aromatic carbocycles. The standard InChI is InChI=1S/C26H28N4O4S/c1-29(17-24(31)20-11-7-4-8-12-20)26(32)22-15-21(28-35(2,33)34)16-23-25(22)30(18-27-23)14-13-19-9-5-3-6-10-19/h3-12,15-16,18,24,28,31H,13-14,17H2,1-2H3/t24-/m0/s1. The summed E-state index contributed by atoms with van der Waals surface area (Å²) in [6, 6.07) is 22.3. The van der Waals surface area contributed by atoms with Crippen LogP contribution in [0.15, 0.2) is 79.1 Å². The molecule has 0 radical (unpaired) electrons. The van der Waals surface area contributed by atoms with E-state index < -0.39 is 16.1 Å². The third kappa shape index (κ3) is 6.06. The molecule has 2 N–H and O–H groups in total. The molecule has 35 heavy (non-hydrogen) atoms. The van der Waals surface area contributed by atoms with E-state index in [1.54, 1.807) is 31.6 Å². The van der Waals surface area contributed by atoms with Gasteiger partial charge < -0.3 is 14.6 Å². The van der Waals surface area contributed by atoms with Crippen molar-refractivity contribution in [1.82, 2.24) is 14.5 Å². The lowest BCUT2D eigenvalue weighted by Crippen LogP contribution is -2.31. The molecular formula is C26H28N4O4S. The summed E-state index contributed by atoms with van der Waals surface area (Å²) < 4.78 is 28.1. The van der Waals surface area contributed by atoms with Crippen LogP contribution in [0.25, 0.3) is 11.0 Å². The molecule has 0 aliphatic heterocycles. The first-order valence-electron chi connectivity index (χ1n) is 11.2. The first-order chi connectivity index (χ1) is 16.7. The molecule has 0 saturated carbocycles. The third-order valence-corrected chi connectivity index (χ3v) is 6.32. The molecule has 0 aliphatic rings. The smallest absolute Gasteiger partial charge is 0.255 e. The zero-order valence-corrected chi connectivity index (χ0v) is 20.4. The molecule has 8 nitrogen and oxygen atoms in total. The maximum atomic E-state index is 13.6. The number of carbonyl (C=O) groups excluding carboxylic acids is 1. The summed E-state index contributed by atoms with van der Waals surface area (Å²) in [5.41, 5.74) is 3.55. The highest BCUT2D eigenvalue weighted by molar-refractivity contribution is 7.92. The van der Waals surface area contributed by atoms with E-state index in [1.807, 2.05) is 53.1 Å². The summed E-state index contributed by atoms with van der Waals surface area (Å²) in [5, 5.41) is 10.6. The van der Waals surface area contributed by atoms with E-state index >= 15 is 0 Å². The molecule has 0 fully saturated rings. The van der Waals surface area contributed by atoms with E-state index in [1.165, 1.54) is 11.0 Å². The van der Waals surface area contributed by atoms with Crippen LogP contribution in [-0.4, -0.2) is 53.7 Å². The number of nitrogens with zero attached hydrogens (tertiary/aromatic N) is 3. The van der Waals surface area contributed by atoms with E-state index in [0.29, 0.717) is 28.7 Å². The first-order valence-corrected chi connectivity index (χ1v) is 13.1. The Morgan fingerprint density at radius 1 is 1.09 bits per heavy atom. The van der Waals surface area contributed by atoms with Crippen molar-refractivity contribution in [2.45, 2.75) is 19.1 Å². The van der Waals surface area contributed by atoms with Crippen LogP contribution in [0, 0.1) is 0 Å². The summed E-state index contributed by atoms with van der Waals surface area (Å²) in [6.45, 7) is 0.669. The van der Waals surface area contributed by atoms with Gasteiger partial charge in [0.15, 0.2) is 0 Å². The first kappa shape index (κ1) is 24.4. The van der Waals surface area contributed by atoms with Gasteiger partial charge in [0, 0.05) is 13.6 Å². The van der Waals surface area contributed by atoms with Crippen molar-refractivity contribution in [3.8, 4) is 0 Å². The molecule has 9 heteroatoms. The van der Waals surface area contributed by atoms with Crippen molar-refractivity contribution in [2.24, 2.45) is 0 Å². The van der Waals surface area contributed by atoms with Crippen LogP contribution >= 0.6 is 0 Å². The van der Waals surface area contributed by atoms with Crippen molar-refractivity contribution in [3.05, 3.63) is 95.8 Å². The minimum Gasteiger partial charge on any atom is -0.387 e. The zero-order chi connectivity index (χ0) is 25.0. The Balaban J connectivity index is 1.68. The zero-order valence-electron chi connectivity index (χ0n) is 19.6. The van der Waals surface area contributed by atoms with Crippen LogP contribution in [0.1, 0.15) is 27.6 Å². The summed E-state index contributed by atoms with van der Waals surface area (Å²) in [7, 11) is -1.94. The highest BCUT2D eigenvalue weighted by atomic mass is 32.2. The normalized spacial score (nSPS) is 12.4. The fourth-order valence-corrected chi connectivity index (χ4v) is 4.58. The quantitative estimate of drug-likeness (QED) is 0.372. The fraction of sp³-hybridized carbons (Fsp3) is 0.231. The van der Waals surface area contributed by atoms with Gasteiger partial charge in [-0.05, 0) is 29.7 Å². The topological polar surface area (TPSA) is 105 Å². The number of benzene rings is 3. The van der Waals surface area contributed by atoms with Crippen LogP contribution in [0.2, 0.25) is 0 Å². The molecule has 0 saturated heterocycles. The molecule has 0 unspecified atom stereocenters. The summed E-state index contributed by atoms with van der Waals surface area (Å²) in [5.74, 6) is -0.344. The second-order valence-corrected chi connectivity index (χ2v) is 10.3. The molecule has 1 heterocycles. The van der Waals surface area contributed by atoms with Crippen molar-refractivity contribution >= 4 is 32.7 Å². The average Bonchev–Trinajstić information content (AvgIpc) is 3.24. The number of hydrogen-bond acceptors (Lipinski definition) is 5. The second-order valence-electron chi connectivity index (χ2n) is 8.55. The van der Waals surface area contributed by atoms with Crippen molar-refractivity contribution in [3.63, 3.8) is 0 Å². The van der Waals surface area contributed by atoms with Crippen molar-refractivity contribution in [2.75, 3.05) is 24.6 Å². The van der Waals surface area contributed by atoms with E-state index in [-0.39, 0.29) is 18.1 Å². The Kier molecular flexibility index (Phi) is 7.18. The highest BCUT2D eigenvalue weighted by Gasteiger charge is 2.22. The number of rotatable bonds is 9. The maximum absolute atomic E-state index is 13.6. The third-order valence-electron chi connectivity index (χ3n) is 5.71. The molecule has 0 spiro atoms. The number of aliphatic hydroxyl groups excluding tert-OH is 1. The molecule has 1 aromatic heterocycles. The van der Waals surface area contributed by atoms with E-state index in [4.69, 9.17) is 0 Å². The molecule has 4 rings (SSSR count). The minimum absolute atomic E-state index is 0.0756. The van der Waals surface area contributed by atoms with Gasteiger partial charge in [-0.25, -0.2) is 13.4 Å². The number of hydrogen-bond donors (Lipinski definition) is 2. The lowest BCUT2D eigenvalue weighted by atomic mass is 10.1. The monoisotopic (exact) mass is 492 g/mol. The van der Waals surface area contributed by atoms with Crippen molar-refractivity contribution in [1.29, 1.82) is 0 Å². The fourth-order valence-electron chi connectivity index (χ4n) is 4.04. The van der Waals surface area contributed by atoms with Gasteiger partial charge in [0.2, 0.25) is 10.0 Å². The lowest BCUT2D eigenvalue weighted by molar-refractivity contribution is 0.0682. The van der Waals surface area contributed by atoms with Gasteiger partial charge in [-0.1, -0.05) is 60.7 Å². The highest BCUT2D eigenvalue weighted by Crippen LogP contribution is 2.26. The van der Waals surface area contributed by atoms with Gasteiger partial charge >= 0.3 is 0 Å². The lowest BCUT2D eigenvalue weighted by Gasteiger charge is -2.22. The Morgan fingerprint density at radius 2 is 1.74 bits per heavy atom. The summed E-state index contributed by atoms with van der Waals surface area (Å²) in [6.07, 6.45) is 2.60. The number of anilines is 1. The molecule has 4 aromatic rings. The molecule has 1 atom stereocenters. The van der Waals surface area contributed by atoms with Crippen LogP contribution < -0.4 is 4.72 Å². The number of fused-ring (bicyclic) bond motifs is 1. The van der Waals surface area contributed by atoms with Gasteiger partial charge in [0.25, 0.3) is 5.91 Å². The van der Waals surface area contributed by atoms with E-state index in [2.05, 4.69) is 9.71 Å². The van der Waals surface area contributed by atoms with Gasteiger partial charge in [0.05, 0.1) is 47.5 Å². The predicted molar refractivity (Wildman–Crippen MR) is 137 cm³/mol. The molecule has 0 aliphatic carbocycles. The second kappa shape index (κ2) is 10.3.